The summed E-state index contributed by atoms with van der Waals surface area (Å²) in [6, 6.07) is 17.5. The third kappa shape index (κ3) is 9.27. The number of hydrogen-bond acceptors (Lipinski definition) is 12. The second-order valence-electron chi connectivity index (χ2n) is 14.9. The summed E-state index contributed by atoms with van der Waals surface area (Å²) in [5.41, 5.74) is 3.08. The number of sulfone groups is 1. The first-order valence-corrected chi connectivity index (χ1v) is 21.5. The second-order valence-corrected chi connectivity index (χ2v) is 17.2. The maximum atomic E-state index is 15.0. The number of amides is 1. The molecule has 3 aromatic carbocycles. The lowest BCUT2D eigenvalue weighted by molar-refractivity contribution is -0.139. The predicted molar refractivity (Wildman–Crippen MR) is 220 cm³/mol. The van der Waals surface area contributed by atoms with E-state index in [4.69, 9.17) is 30.6 Å². The molecule has 1 amide bonds. The van der Waals surface area contributed by atoms with Gasteiger partial charge in [0.1, 0.15) is 17.3 Å². The smallest absolute Gasteiger partial charge is 0.418 e. The van der Waals surface area contributed by atoms with Crippen LogP contribution in [0.3, 0.4) is 0 Å². The molecule has 14 nitrogen and oxygen atoms in total. The number of carbonyl (C=O) groups is 1. The van der Waals surface area contributed by atoms with Crippen molar-refractivity contribution in [3.05, 3.63) is 116 Å². The molecule has 1 unspecified atom stereocenters. The Labute approximate surface area is 356 Å². The molecule has 0 spiro atoms. The van der Waals surface area contributed by atoms with Crippen molar-refractivity contribution in [1.29, 1.82) is 0 Å². The van der Waals surface area contributed by atoms with Crippen LogP contribution in [0.15, 0.2) is 65.8 Å². The van der Waals surface area contributed by atoms with E-state index in [0.29, 0.717) is 66.6 Å². The molecule has 2 aliphatic heterocycles. The number of hydroxylamine groups is 2. The molecule has 0 saturated carbocycles. The van der Waals surface area contributed by atoms with E-state index in [1.54, 1.807) is 25.8 Å². The minimum Gasteiger partial charge on any atom is -0.497 e. The fraction of sp³-hybridized carbons (Fsp3) is 0.381. The van der Waals surface area contributed by atoms with Crippen molar-refractivity contribution in [3.63, 3.8) is 0 Å². The minimum atomic E-state index is -4.87. The number of nitrogens with zero attached hydrogens (tertiary/aromatic N) is 7. The number of rotatable bonds is 12. The number of carbonyl (C=O) groups excluding carboxylic acids is 1. The number of anilines is 2. The summed E-state index contributed by atoms with van der Waals surface area (Å²) in [5.74, 6) is 1.14. The Morgan fingerprint density at radius 1 is 0.967 bits per heavy atom. The lowest BCUT2D eigenvalue weighted by atomic mass is 9.94. The number of halogens is 4. The van der Waals surface area contributed by atoms with E-state index in [-0.39, 0.29) is 42.3 Å². The van der Waals surface area contributed by atoms with Crippen LogP contribution in [0.4, 0.5) is 24.7 Å². The summed E-state index contributed by atoms with van der Waals surface area (Å²) in [7, 11) is 1.98. The monoisotopic (exact) mass is 883 g/mol. The molecule has 5 aromatic rings. The third-order valence-electron chi connectivity index (χ3n) is 10.9. The van der Waals surface area contributed by atoms with E-state index >= 15 is 13.2 Å². The molecule has 2 aromatic heterocycles. The topological polar surface area (TPSA) is 141 Å². The Bertz CT molecular complexity index is 2490. The molecule has 4 heterocycles. The molecule has 324 valence electrons. The van der Waals surface area contributed by atoms with E-state index in [0.717, 1.165) is 22.4 Å². The van der Waals surface area contributed by atoms with Gasteiger partial charge in [0, 0.05) is 62.7 Å². The van der Waals surface area contributed by atoms with Crippen LogP contribution in [0, 0.1) is 6.92 Å². The van der Waals surface area contributed by atoms with Crippen molar-refractivity contribution in [2.24, 2.45) is 0 Å². The maximum absolute atomic E-state index is 15.0. The van der Waals surface area contributed by atoms with E-state index in [2.05, 4.69) is 15.1 Å². The molecule has 0 fully saturated rings. The lowest BCUT2D eigenvalue weighted by Crippen LogP contribution is -2.30. The number of methoxy groups -OCH3 is 2. The zero-order valence-electron chi connectivity index (χ0n) is 34.4. The first-order valence-electron chi connectivity index (χ1n) is 19.2. The van der Waals surface area contributed by atoms with E-state index in [9.17, 15) is 13.2 Å². The zero-order valence-corrected chi connectivity index (χ0v) is 36.0. The Morgan fingerprint density at radius 3 is 2.15 bits per heavy atom. The Hall–Kier alpha value is -5.43. The van der Waals surface area contributed by atoms with Gasteiger partial charge in [0.15, 0.2) is 5.69 Å². The predicted octanol–water partition coefficient (Wildman–Crippen LogP) is 7.14. The van der Waals surface area contributed by atoms with Crippen LogP contribution in [0.25, 0.3) is 0 Å². The molecule has 0 radical (unpaired) electrons. The molecule has 0 aliphatic carbocycles. The van der Waals surface area contributed by atoms with Crippen LogP contribution >= 0.6 is 11.6 Å². The van der Waals surface area contributed by atoms with Crippen molar-refractivity contribution in [3.8, 4) is 11.5 Å². The van der Waals surface area contributed by atoms with Gasteiger partial charge in [-0.15, -0.1) is 0 Å². The van der Waals surface area contributed by atoms with Crippen LogP contribution in [-0.2, 0) is 64.8 Å². The third-order valence-corrected chi connectivity index (χ3v) is 12.0. The summed E-state index contributed by atoms with van der Waals surface area (Å²) in [5, 5.41) is 4.65. The number of aryl methyl sites for hydroxylation is 1. The number of alkyl halides is 3. The first-order chi connectivity index (χ1) is 29.0. The average Bonchev–Trinajstić information content (AvgIpc) is 3.39. The van der Waals surface area contributed by atoms with Crippen molar-refractivity contribution in [2.45, 2.75) is 70.0 Å². The quantitative estimate of drug-likeness (QED) is 0.0929. The van der Waals surface area contributed by atoms with Gasteiger partial charge in [-0.2, -0.15) is 18.3 Å². The van der Waals surface area contributed by atoms with E-state index in [1.807, 2.05) is 58.3 Å². The normalized spacial score (nSPS) is 15.4. The van der Waals surface area contributed by atoms with Crippen LogP contribution in [0.2, 0.25) is 5.02 Å². The average molecular weight is 884 g/mol. The number of hydrogen-bond donors (Lipinski definition) is 0. The highest BCUT2D eigenvalue weighted by atomic mass is 35.5. The van der Waals surface area contributed by atoms with Crippen molar-refractivity contribution >= 4 is 38.9 Å². The van der Waals surface area contributed by atoms with Gasteiger partial charge in [0.05, 0.1) is 62.6 Å². The lowest BCUT2D eigenvalue weighted by Gasteiger charge is -2.33. The molecule has 61 heavy (non-hydrogen) atoms. The maximum Gasteiger partial charge on any atom is 0.418 e. The Kier molecular flexibility index (Phi) is 12.5. The van der Waals surface area contributed by atoms with Crippen molar-refractivity contribution in [2.75, 3.05) is 51.0 Å². The minimum absolute atomic E-state index is 0.201. The first kappa shape index (κ1) is 43.7. The summed E-state index contributed by atoms with van der Waals surface area (Å²) in [4.78, 5) is 30.9. The van der Waals surface area contributed by atoms with Crippen LogP contribution < -0.4 is 19.3 Å². The van der Waals surface area contributed by atoms with Gasteiger partial charge in [-0.05, 0) is 66.4 Å². The number of aromatic nitrogens is 4. The van der Waals surface area contributed by atoms with E-state index < -0.39 is 43.8 Å². The zero-order chi connectivity index (χ0) is 43.8. The summed E-state index contributed by atoms with van der Waals surface area (Å²) >= 11 is 6.61. The van der Waals surface area contributed by atoms with Crippen molar-refractivity contribution in [1.82, 2.24) is 24.8 Å². The molecular formula is C42H45ClF3N7O7S. The largest absolute Gasteiger partial charge is 0.497 e. The van der Waals surface area contributed by atoms with Crippen LogP contribution in [-0.4, -0.2) is 80.3 Å². The van der Waals surface area contributed by atoms with Gasteiger partial charge in [0.2, 0.25) is 15.0 Å². The van der Waals surface area contributed by atoms with Gasteiger partial charge >= 0.3 is 6.18 Å². The van der Waals surface area contributed by atoms with Gasteiger partial charge in [-0.1, -0.05) is 35.9 Å². The Balaban J connectivity index is 1.29. The molecule has 2 aliphatic rings. The summed E-state index contributed by atoms with van der Waals surface area (Å²) in [6.45, 7) is 3.24. The molecule has 19 heteroatoms. The summed E-state index contributed by atoms with van der Waals surface area (Å²) in [6.07, 6.45) is -4.76. The highest BCUT2D eigenvalue weighted by Crippen LogP contribution is 2.46. The SMILES string of the molecule is COc1ccc(CN(Cc2ccc(OC)cc2)c2cc(Cl)c(C(F)(F)F)c(C3Cc4nc(S(C)(=O)=O)nc(N5CCCn6nc(C(=O)N(C)OC)c(C)c6C5)c4CO3)c2)cc1. The molecule has 1 atom stereocenters. The highest BCUT2D eigenvalue weighted by molar-refractivity contribution is 7.90. The van der Waals surface area contributed by atoms with E-state index in [1.165, 1.54) is 26.3 Å². The Morgan fingerprint density at radius 2 is 1.59 bits per heavy atom. The summed E-state index contributed by atoms with van der Waals surface area (Å²) < 4.78 is 90.0. The van der Waals surface area contributed by atoms with Crippen LogP contribution in [0.5, 0.6) is 11.5 Å². The molecule has 0 N–H and O–H groups in total. The van der Waals surface area contributed by atoms with Gasteiger partial charge in [0.25, 0.3) is 5.91 Å². The number of ether oxygens (including phenoxy) is 3. The van der Waals surface area contributed by atoms with Crippen molar-refractivity contribution < 1.29 is 45.4 Å². The highest BCUT2D eigenvalue weighted by Gasteiger charge is 2.41. The molecule has 7 rings (SSSR count). The van der Waals surface area contributed by atoms with Gasteiger partial charge in [-0.3, -0.25) is 14.3 Å². The van der Waals surface area contributed by atoms with Gasteiger partial charge in [-0.25, -0.2) is 23.4 Å². The van der Waals surface area contributed by atoms with Gasteiger partial charge < -0.3 is 24.0 Å². The number of fused-ring (bicyclic) bond motifs is 2. The molecular weight excluding hydrogens is 839 g/mol. The molecule has 0 saturated heterocycles. The second kappa shape index (κ2) is 17.5. The van der Waals surface area contributed by atoms with Crippen LogP contribution in [0.1, 0.15) is 67.8 Å². The fourth-order valence-corrected chi connectivity index (χ4v) is 8.46. The fourth-order valence-electron chi connectivity index (χ4n) is 7.61. The molecule has 0 bridgehead atoms. The number of benzene rings is 3. The standard InChI is InChI=1S/C42H45ClF3N7O7S/c1-25-35-23-51(16-7-17-53(35)49-38(25)40(54)50(2)59-5)39-32-24-60-36(20-34(32)47-41(48-39)61(6,55)56)31-18-28(19-33(43)37(31)42(44,45)46)52(21-26-8-12-29(57-3)13-9-26)22-27-10-14-30(58-4)15-11-27/h8-15,18-19,36H,7,16-17,20-24H2,1-6H3.